The van der Waals surface area contributed by atoms with Crippen LogP contribution in [0.2, 0.25) is 0 Å². The molecule has 0 fully saturated rings. The Kier molecular flexibility index (Phi) is 34.4. The molecule has 0 aromatic carbocycles. The lowest BCUT2D eigenvalue weighted by atomic mass is 9.63. The lowest BCUT2D eigenvalue weighted by Crippen LogP contribution is -2.33. The molecule has 0 aromatic rings. The molecule has 0 bridgehead atoms. The number of hydrogen-bond acceptors (Lipinski definition) is 2. The third kappa shape index (κ3) is 43.6. The van der Waals surface area contributed by atoms with E-state index in [4.69, 9.17) is 4.74 Å². The Balaban J connectivity index is -0.0000000522. The molecule has 0 rings (SSSR count). The number of carbonyl (C=O) groups excluding carboxylic acids is 1. The minimum Gasteiger partial charge on any atom is -0.460 e. The quantitative estimate of drug-likeness (QED) is 0.282. The van der Waals surface area contributed by atoms with Gasteiger partial charge in [0.25, 0.3) is 0 Å². The van der Waals surface area contributed by atoms with E-state index in [0.29, 0.717) is 38.9 Å². The van der Waals surface area contributed by atoms with Gasteiger partial charge in [0.1, 0.15) is 5.60 Å². The van der Waals surface area contributed by atoms with Crippen LogP contribution in [0.15, 0.2) is 0 Å². The first-order chi connectivity index (χ1) is 16.3. The van der Waals surface area contributed by atoms with Crippen molar-refractivity contribution < 1.29 is 9.53 Å². The summed E-state index contributed by atoms with van der Waals surface area (Å²) in [7, 11) is 0. The molecule has 280 valence electrons. The zero-order valence-corrected chi connectivity index (χ0v) is 32.3. The maximum Gasteiger partial charge on any atom is 0.306 e. The predicted octanol–water partition coefficient (Wildman–Crippen LogP) is 16.2. The summed E-state index contributed by atoms with van der Waals surface area (Å²) >= 11 is 0. The van der Waals surface area contributed by atoms with Crippen LogP contribution in [0.5, 0.6) is 0 Å². The zero-order valence-electron chi connectivity index (χ0n) is 32.3. The van der Waals surface area contributed by atoms with Crippen LogP contribution in [0.3, 0.4) is 0 Å². The largest absolute Gasteiger partial charge is 0.460 e. The minimum absolute atomic E-state index is 0. The summed E-state index contributed by atoms with van der Waals surface area (Å²) in [6.45, 7) is 55.3. The number of ether oxygens (including phenoxy) is 1. The van der Waals surface area contributed by atoms with Crippen LogP contribution in [0, 0.1) is 43.8 Å². The highest BCUT2D eigenvalue weighted by Crippen LogP contribution is 2.45. The molecular formula is C42H100O2. The van der Waals surface area contributed by atoms with Crippen molar-refractivity contribution in [2.24, 2.45) is 43.8 Å². The van der Waals surface area contributed by atoms with Crippen molar-refractivity contribution >= 4 is 5.97 Å². The highest BCUT2D eigenvalue weighted by atomic mass is 16.6. The van der Waals surface area contributed by atoms with E-state index in [2.05, 4.69) is 132 Å². The molecule has 2 nitrogen and oxygen atoms in total. The van der Waals surface area contributed by atoms with E-state index in [-0.39, 0.29) is 54.1 Å². The number of carbonyl (C=O) groups is 1. The highest BCUT2D eigenvalue weighted by molar-refractivity contribution is 5.70. The second-order valence-corrected chi connectivity index (χ2v) is 20.2. The molecule has 0 amide bonds. The van der Waals surface area contributed by atoms with E-state index in [1.807, 2.05) is 41.5 Å². The van der Waals surface area contributed by atoms with Crippen molar-refractivity contribution in [2.75, 3.05) is 0 Å². The molecule has 0 saturated carbocycles. The van der Waals surface area contributed by atoms with Gasteiger partial charge in [-0.15, -0.1) is 0 Å². The molecule has 0 heterocycles. The van der Waals surface area contributed by atoms with Gasteiger partial charge in [-0.1, -0.05) is 189 Å². The van der Waals surface area contributed by atoms with Gasteiger partial charge in [-0.2, -0.15) is 0 Å². The van der Waals surface area contributed by atoms with Crippen molar-refractivity contribution in [1.29, 1.82) is 0 Å². The second-order valence-electron chi connectivity index (χ2n) is 20.2. The fraction of sp³-hybridized carbons (Fsp3) is 0.976. The summed E-state index contributed by atoms with van der Waals surface area (Å²) in [5, 5.41) is 0. The van der Waals surface area contributed by atoms with Crippen molar-refractivity contribution in [3.63, 3.8) is 0 Å². The summed E-state index contributed by atoms with van der Waals surface area (Å²) in [6, 6.07) is 0. The maximum atomic E-state index is 11.3. The first-order valence-corrected chi connectivity index (χ1v) is 15.5. The molecule has 0 radical (unpaired) electrons. The average Bonchev–Trinajstić information content (AvgIpc) is 2.45. The van der Waals surface area contributed by atoms with Gasteiger partial charge in [-0.3, -0.25) is 4.79 Å². The van der Waals surface area contributed by atoms with Crippen LogP contribution in [0.4, 0.5) is 0 Å². The molecule has 0 aliphatic carbocycles. The lowest BCUT2D eigenvalue weighted by molar-refractivity contribution is -0.156. The minimum atomic E-state index is -0.359. The van der Waals surface area contributed by atoms with Crippen LogP contribution in [0.25, 0.3) is 0 Å². The van der Waals surface area contributed by atoms with Gasteiger partial charge in [-0.25, -0.2) is 0 Å². The van der Waals surface area contributed by atoms with Crippen molar-refractivity contribution in [3.05, 3.63) is 0 Å². The van der Waals surface area contributed by atoms with Gasteiger partial charge < -0.3 is 4.74 Å². The Labute approximate surface area is 287 Å². The Morgan fingerprint density at radius 3 is 0.818 bits per heavy atom. The van der Waals surface area contributed by atoms with Gasteiger partial charge >= 0.3 is 5.97 Å². The van der Waals surface area contributed by atoms with Crippen LogP contribution in [-0.2, 0) is 9.53 Å². The van der Waals surface area contributed by atoms with Gasteiger partial charge in [0.05, 0.1) is 6.42 Å². The van der Waals surface area contributed by atoms with Gasteiger partial charge in [0.2, 0.25) is 0 Å². The molecule has 0 saturated heterocycles. The number of rotatable bonds is 2. The second kappa shape index (κ2) is 22.9. The molecule has 0 aliphatic heterocycles. The average molecular weight is 637 g/mol. The molecule has 2 heteroatoms. The van der Waals surface area contributed by atoms with Crippen LogP contribution >= 0.6 is 0 Å². The third-order valence-corrected chi connectivity index (χ3v) is 8.08. The molecule has 44 heavy (non-hydrogen) atoms. The Bertz CT molecular complexity index is 614. The molecule has 0 atom stereocenters. The summed E-state index contributed by atoms with van der Waals surface area (Å²) in [5.41, 5.74) is 2.30. The summed E-state index contributed by atoms with van der Waals surface area (Å²) in [6.07, 6.45) is 1.76. The topological polar surface area (TPSA) is 26.3 Å². The molecule has 0 aliphatic rings. The van der Waals surface area contributed by atoms with E-state index in [0.717, 1.165) is 5.92 Å². The van der Waals surface area contributed by atoms with E-state index in [1.54, 1.807) is 0 Å². The van der Waals surface area contributed by atoms with Gasteiger partial charge in [0.15, 0.2) is 0 Å². The van der Waals surface area contributed by atoms with E-state index >= 15 is 0 Å². The molecule has 0 N–H and O–H groups in total. The van der Waals surface area contributed by atoms with Crippen LogP contribution in [-0.4, -0.2) is 11.6 Å². The SMILES string of the molecule is C.C.C.C.C.CC(C)(C)C(C)(C)C.CC(C)(C)CC(=O)OC(C)(C)C.CC(C)(C)CC(C)(C)C(C)(C)C.CC(C)C(C)(C)C. The first-order valence-electron chi connectivity index (χ1n) is 15.5. The van der Waals surface area contributed by atoms with Crippen molar-refractivity contribution in [3.8, 4) is 0 Å². The Morgan fingerprint density at radius 1 is 0.477 bits per heavy atom. The van der Waals surface area contributed by atoms with Gasteiger partial charge in [0, 0.05) is 0 Å². The summed E-state index contributed by atoms with van der Waals surface area (Å²) in [5.74, 6) is 0.683. The fourth-order valence-corrected chi connectivity index (χ4v) is 2.40. The van der Waals surface area contributed by atoms with Crippen molar-refractivity contribution in [1.82, 2.24) is 0 Å². The predicted molar refractivity (Wildman–Crippen MR) is 214 cm³/mol. The van der Waals surface area contributed by atoms with E-state index in [9.17, 15) is 4.79 Å². The lowest BCUT2D eigenvalue weighted by Gasteiger charge is -2.43. The molecule has 0 unspecified atom stereocenters. The normalized spacial score (nSPS) is 12.2. The van der Waals surface area contributed by atoms with Crippen LogP contribution < -0.4 is 0 Å². The zero-order chi connectivity index (χ0) is 33.3. The molecule has 0 spiro atoms. The number of hydrogen-bond donors (Lipinski definition) is 0. The molecule has 0 aromatic heterocycles. The fourth-order valence-electron chi connectivity index (χ4n) is 2.40. The maximum absolute atomic E-state index is 11.3. The summed E-state index contributed by atoms with van der Waals surface area (Å²) < 4.78 is 5.17. The van der Waals surface area contributed by atoms with Crippen molar-refractivity contribution in [2.45, 2.75) is 229 Å². The Hall–Kier alpha value is -0.530. The highest BCUT2D eigenvalue weighted by Gasteiger charge is 2.35. The number of esters is 1. The van der Waals surface area contributed by atoms with Gasteiger partial charge in [-0.05, 0) is 71.0 Å². The monoisotopic (exact) mass is 637 g/mol. The standard InChI is InChI=1S/C12H26.C10H20O2.C8H18.C7H16.5CH4/c1-10(2,3)9-12(7,8)11(4,5)6;1-9(2,3)7-8(11)12-10(4,5)6;1-7(2,3)8(4,5)6;1-6(2)7(3,4)5;;;;;/h9H2,1-8H3;7H2,1-6H3;1-6H3;6H,1-5H3;5*1H4. The smallest absolute Gasteiger partial charge is 0.306 e. The Morgan fingerprint density at radius 2 is 0.727 bits per heavy atom. The third-order valence-electron chi connectivity index (χ3n) is 8.08. The van der Waals surface area contributed by atoms with E-state index in [1.165, 1.54) is 6.42 Å². The molecular weight excluding hydrogens is 536 g/mol. The summed E-state index contributed by atoms with van der Waals surface area (Å²) in [4.78, 5) is 11.3. The van der Waals surface area contributed by atoms with E-state index < -0.39 is 0 Å². The first kappa shape index (κ1) is 66.0. The van der Waals surface area contributed by atoms with Crippen LogP contribution in [0.1, 0.15) is 223 Å².